The first-order valence-corrected chi connectivity index (χ1v) is 11.8. The molecule has 0 spiro atoms. The third-order valence-electron chi connectivity index (χ3n) is 4.35. The maximum Gasteiger partial charge on any atom is 0.418 e. The van der Waals surface area contributed by atoms with Crippen LogP contribution in [0.4, 0.5) is 18.9 Å². The van der Waals surface area contributed by atoms with Gasteiger partial charge in [-0.25, -0.2) is 8.42 Å². The number of nitrogens with one attached hydrogen (secondary N) is 1. The van der Waals surface area contributed by atoms with Gasteiger partial charge in [-0.2, -0.15) is 13.2 Å². The molecular weight excluding hydrogens is 476 g/mol. The first kappa shape index (κ1) is 25.3. The molecule has 1 amide bonds. The minimum atomic E-state index is -4.79. The summed E-state index contributed by atoms with van der Waals surface area (Å²) in [6.07, 6.45) is -3.39. The van der Waals surface area contributed by atoms with Gasteiger partial charge in [0.05, 0.1) is 17.5 Å². The molecule has 0 aromatic heterocycles. The molecule has 0 unspecified atom stereocenters. The van der Waals surface area contributed by atoms with Crippen LogP contribution in [0.2, 0.25) is 10.0 Å². The number of hydrogen-bond acceptors (Lipinski definition) is 3. The second-order valence-electron chi connectivity index (χ2n) is 6.82. The highest BCUT2D eigenvalue weighted by atomic mass is 35.5. The predicted octanol–water partition coefficient (Wildman–Crippen LogP) is 4.92. The normalized spacial score (nSPS) is 11.9. The standard InChI is InChI=1S/C20H21Cl2F3N2O3S/c1-31(29,30)27(18-9-8-16(22)13-17(18)20(23,24)25)12-2-3-19(28)26-11-10-14-4-6-15(21)7-5-14/h4-9,13H,2-3,10-12H2,1H3,(H,26,28). The van der Waals surface area contributed by atoms with Crippen LogP contribution in [-0.2, 0) is 27.4 Å². The number of nitrogens with zero attached hydrogens (tertiary/aromatic N) is 1. The quantitative estimate of drug-likeness (QED) is 0.535. The first-order chi connectivity index (χ1) is 14.4. The predicted molar refractivity (Wildman–Crippen MR) is 116 cm³/mol. The van der Waals surface area contributed by atoms with Gasteiger partial charge in [-0.3, -0.25) is 9.10 Å². The lowest BCUT2D eigenvalue weighted by Gasteiger charge is -2.25. The molecule has 31 heavy (non-hydrogen) atoms. The van der Waals surface area contributed by atoms with Crippen LogP contribution in [0.15, 0.2) is 42.5 Å². The van der Waals surface area contributed by atoms with Gasteiger partial charge in [-0.1, -0.05) is 35.3 Å². The Morgan fingerprint density at radius 3 is 2.26 bits per heavy atom. The van der Waals surface area contributed by atoms with Gasteiger partial charge in [0.2, 0.25) is 15.9 Å². The van der Waals surface area contributed by atoms with Crippen molar-refractivity contribution < 1.29 is 26.4 Å². The molecule has 5 nitrogen and oxygen atoms in total. The van der Waals surface area contributed by atoms with E-state index >= 15 is 0 Å². The van der Waals surface area contributed by atoms with Gasteiger partial charge in [0.25, 0.3) is 0 Å². The van der Waals surface area contributed by atoms with Crippen LogP contribution in [0, 0.1) is 0 Å². The molecule has 0 heterocycles. The van der Waals surface area contributed by atoms with Gasteiger partial charge < -0.3 is 5.32 Å². The van der Waals surface area contributed by atoms with Crippen molar-refractivity contribution >= 4 is 44.8 Å². The molecule has 0 fully saturated rings. The van der Waals surface area contributed by atoms with Crippen LogP contribution in [0.5, 0.6) is 0 Å². The Labute approximate surface area is 189 Å². The highest BCUT2D eigenvalue weighted by molar-refractivity contribution is 7.92. The average Bonchev–Trinajstić information content (AvgIpc) is 2.65. The lowest BCUT2D eigenvalue weighted by Crippen LogP contribution is -2.34. The SMILES string of the molecule is CS(=O)(=O)N(CCCC(=O)NCCc1ccc(Cl)cc1)c1ccc(Cl)cc1C(F)(F)F. The van der Waals surface area contributed by atoms with E-state index in [4.69, 9.17) is 23.2 Å². The second-order valence-corrected chi connectivity index (χ2v) is 9.60. The zero-order valence-electron chi connectivity index (χ0n) is 16.5. The van der Waals surface area contributed by atoms with E-state index in [0.717, 1.165) is 17.9 Å². The maximum atomic E-state index is 13.4. The molecule has 0 bridgehead atoms. The number of hydrogen-bond donors (Lipinski definition) is 1. The summed E-state index contributed by atoms with van der Waals surface area (Å²) in [4.78, 5) is 12.0. The molecule has 0 aliphatic rings. The molecule has 2 aromatic rings. The van der Waals surface area contributed by atoms with Gasteiger partial charge in [-0.15, -0.1) is 0 Å². The third kappa shape index (κ3) is 7.90. The molecule has 0 radical (unpaired) electrons. The molecule has 0 saturated carbocycles. The fourth-order valence-corrected chi connectivity index (χ4v) is 4.16. The molecular formula is C20H21Cl2F3N2O3S. The van der Waals surface area contributed by atoms with Crippen LogP contribution < -0.4 is 9.62 Å². The van der Waals surface area contributed by atoms with E-state index in [0.29, 0.717) is 28.4 Å². The minimum Gasteiger partial charge on any atom is -0.356 e. The van der Waals surface area contributed by atoms with Gasteiger partial charge in [0.1, 0.15) is 0 Å². The summed E-state index contributed by atoms with van der Waals surface area (Å²) in [5.41, 5.74) is -0.698. The van der Waals surface area contributed by atoms with Crippen molar-refractivity contribution in [1.82, 2.24) is 5.32 Å². The van der Waals surface area contributed by atoms with Crippen molar-refractivity contribution in [3.05, 3.63) is 63.6 Å². The van der Waals surface area contributed by atoms with Crippen molar-refractivity contribution in [3.8, 4) is 0 Å². The van der Waals surface area contributed by atoms with Crippen molar-refractivity contribution in [2.75, 3.05) is 23.7 Å². The van der Waals surface area contributed by atoms with Gasteiger partial charge in [0, 0.05) is 29.6 Å². The number of carbonyl (C=O) groups is 1. The largest absolute Gasteiger partial charge is 0.418 e. The number of sulfonamides is 1. The van der Waals surface area contributed by atoms with E-state index in [1.54, 1.807) is 12.1 Å². The van der Waals surface area contributed by atoms with Crippen LogP contribution in [0.1, 0.15) is 24.0 Å². The van der Waals surface area contributed by atoms with E-state index < -0.39 is 27.5 Å². The topological polar surface area (TPSA) is 66.5 Å². The van der Waals surface area contributed by atoms with Crippen LogP contribution in [-0.4, -0.2) is 33.7 Å². The van der Waals surface area contributed by atoms with E-state index in [9.17, 15) is 26.4 Å². The van der Waals surface area contributed by atoms with Crippen molar-refractivity contribution in [2.24, 2.45) is 0 Å². The number of amides is 1. The monoisotopic (exact) mass is 496 g/mol. The summed E-state index contributed by atoms with van der Waals surface area (Å²) in [7, 11) is -4.02. The second kappa shape index (κ2) is 10.6. The molecule has 0 atom stereocenters. The Hall–Kier alpha value is -1.97. The van der Waals surface area contributed by atoms with Gasteiger partial charge >= 0.3 is 6.18 Å². The number of halogens is 5. The Kier molecular flexibility index (Phi) is 8.62. The van der Waals surface area contributed by atoms with E-state index in [1.165, 1.54) is 6.07 Å². The molecule has 2 rings (SSSR count). The Morgan fingerprint density at radius 1 is 1.06 bits per heavy atom. The zero-order chi connectivity index (χ0) is 23.2. The maximum absolute atomic E-state index is 13.4. The number of anilines is 1. The molecule has 1 N–H and O–H groups in total. The Morgan fingerprint density at radius 2 is 1.68 bits per heavy atom. The lowest BCUT2D eigenvalue weighted by atomic mass is 10.1. The zero-order valence-corrected chi connectivity index (χ0v) is 18.9. The molecule has 170 valence electrons. The molecule has 11 heteroatoms. The van der Waals surface area contributed by atoms with Crippen LogP contribution in [0.3, 0.4) is 0 Å². The Balaban J connectivity index is 1.97. The summed E-state index contributed by atoms with van der Waals surface area (Å²) >= 11 is 11.5. The average molecular weight is 497 g/mol. The summed E-state index contributed by atoms with van der Waals surface area (Å²) in [6.45, 7) is 0.0831. The van der Waals surface area contributed by atoms with Gasteiger partial charge in [-0.05, 0) is 48.7 Å². The summed E-state index contributed by atoms with van der Waals surface area (Å²) in [5, 5.41) is 3.15. The fourth-order valence-electron chi connectivity index (χ4n) is 2.89. The fraction of sp³-hybridized carbons (Fsp3) is 0.350. The number of carbonyl (C=O) groups excluding carboxylic acids is 1. The van der Waals surface area contributed by atoms with Gasteiger partial charge in [0.15, 0.2) is 0 Å². The summed E-state index contributed by atoms with van der Waals surface area (Å²) in [5.74, 6) is -0.324. The third-order valence-corrected chi connectivity index (χ3v) is 6.01. The smallest absolute Gasteiger partial charge is 0.356 e. The van der Waals surface area contributed by atoms with Crippen LogP contribution in [0.25, 0.3) is 0 Å². The van der Waals surface area contributed by atoms with Crippen LogP contribution >= 0.6 is 23.2 Å². The number of rotatable bonds is 9. The molecule has 0 aliphatic carbocycles. The molecule has 0 saturated heterocycles. The molecule has 0 aliphatic heterocycles. The van der Waals surface area contributed by atoms with Crippen molar-refractivity contribution in [1.29, 1.82) is 0 Å². The Bertz CT molecular complexity index is 1010. The molecule has 2 aromatic carbocycles. The minimum absolute atomic E-state index is 0.0401. The summed E-state index contributed by atoms with van der Waals surface area (Å²) in [6, 6.07) is 10.0. The van der Waals surface area contributed by atoms with Crippen molar-refractivity contribution in [2.45, 2.75) is 25.4 Å². The summed E-state index contributed by atoms with van der Waals surface area (Å²) < 4.78 is 65.1. The van der Waals surface area contributed by atoms with E-state index in [-0.39, 0.29) is 30.3 Å². The number of alkyl halides is 3. The highest BCUT2D eigenvalue weighted by Crippen LogP contribution is 2.39. The highest BCUT2D eigenvalue weighted by Gasteiger charge is 2.36. The first-order valence-electron chi connectivity index (χ1n) is 9.23. The van der Waals surface area contributed by atoms with Crippen molar-refractivity contribution in [3.63, 3.8) is 0 Å². The number of benzene rings is 2. The lowest BCUT2D eigenvalue weighted by molar-refractivity contribution is -0.137. The van der Waals surface area contributed by atoms with E-state index in [1.807, 2.05) is 12.1 Å². The van der Waals surface area contributed by atoms with E-state index in [2.05, 4.69) is 5.32 Å².